The Bertz CT molecular complexity index is 1270. The molecule has 0 amide bonds. The summed E-state index contributed by atoms with van der Waals surface area (Å²) in [5, 5.41) is 0. The third kappa shape index (κ3) is 4.61. The van der Waals surface area contributed by atoms with E-state index in [1.54, 1.807) is 13.3 Å². The van der Waals surface area contributed by atoms with E-state index in [1.807, 2.05) is 6.07 Å². The minimum Gasteiger partial charge on any atom is -0.467 e. The van der Waals surface area contributed by atoms with Crippen LogP contribution in [0.25, 0.3) is 22.4 Å². The molecule has 0 radical (unpaired) electrons. The Kier molecular flexibility index (Phi) is 5.96. The van der Waals surface area contributed by atoms with Crippen molar-refractivity contribution in [3.8, 4) is 17.4 Å². The number of anilines is 1. The highest BCUT2D eigenvalue weighted by molar-refractivity contribution is 5.91. The van der Waals surface area contributed by atoms with Gasteiger partial charge in [0, 0.05) is 44.5 Å². The Morgan fingerprint density at radius 3 is 2.41 bits per heavy atom. The molecule has 1 N–H and O–H groups in total. The second-order valence-electron chi connectivity index (χ2n) is 9.88. The first kappa shape index (κ1) is 22.3. The Morgan fingerprint density at radius 2 is 1.71 bits per heavy atom. The Labute approximate surface area is 200 Å². The zero-order chi connectivity index (χ0) is 23.7. The second-order valence-corrected chi connectivity index (χ2v) is 9.88. The average molecular weight is 457 g/mol. The Hall–Kier alpha value is -3.45. The predicted molar refractivity (Wildman–Crippen MR) is 136 cm³/mol. The molecule has 4 aromatic rings. The third-order valence-electron chi connectivity index (χ3n) is 6.49. The summed E-state index contributed by atoms with van der Waals surface area (Å²) in [5.74, 6) is 0.916. The molecule has 0 aliphatic carbocycles. The minimum atomic E-state index is 0.140. The van der Waals surface area contributed by atoms with Crippen LogP contribution in [-0.4, -0.2) is 58.1 Å². The summed E-state index contributed by atoms with van der Waals surface area (Å²) in [6.07, 6.45) is 1.75. The number of nitrogens with zero attached hydrogens (tertiary/aromatic N) is 5. The number of aromatic nitrogens is 4. The third-order valence-corrected chi connectivity index (χ3v) is 6.49. The summed E-state index contributed by atoms with van der Waals surface area (Å²) in [7, 11) is 1.60. The number of aromatic amines is 1. The van der Waals surface area contributed by atoms with E-state index in [0.29, 0.717) is 6.01 Å². The molecule has 2 aromatic carbocycles. The number of rotatable bonds is 5. The molecule has 1 fully saturated rings. The maximum Gasteiger partial charge on any atom is 0.316 e. The number of nitrogens with one attached hydrogen (secondary N) is 1. The van der Waals surface area contributed by atoms with E-state index in [-0.39, 0.29) is 5.41 Å². The van der Waals surface area contributed by atoms with E-state index in [4.69, 9.17) is 9.72 Å². The van der Waals surface area contributed by atoms with Gasteiger partial charge >= 0.3 is 6.01 Å². The van der Waals surface area contributed by atoms with Gasteiger partial charge in [-0.2, -0.15) is 4.98 Å². The lowest BCUT2D eigenvalue weighted by molar-refractivity contribution is 0.245. The highest BCUT2D eigenvalue weighted by Gasteiger charge is 2.21. The molecule has 7 nitrogen and oxygen atoms in total. The summed E-state index contributed by atoms with van der Waals surface area (Å²) in [4.78, 5) is 21.9. The molecule has 0 bridgehead atoms. The van der Waals surface area contributed by atoms with Gasteiger partial charge in [0.25, 0.3) is 0 Å². The molecular formula is C27H32N6O. The largest absolute Gasteiger partial charge is 0.467 e. The van der Waals surface area contributed by atoms with E-state index in [9.17, 15) is 0 Å². The standard InChI is InChI=1S/C27H32N6O/c1-27(2,3)20-10-8-19(9-11-20)25-30-22-6-5-7-23(24(22)31-25)33-16-14-32(15-17-33)18-21-12-13-28-26(29-21)34-4/h5-13H,14-18H2,1-4H3,(H,30,31). The summed E-state index contributed by atoms with van der Waals surface area (Å²) < 4.78 is 5.16. The number of piperazine rings is 1. The SMILES string of the molecule is COc1nccc(CN2CCN(c3cccc4nc(-c5ccc(C(C)(C)C)cc5)[nH]c34)CC2)n1. The summed E-state index contributed by atoms with van der Waals surface area (Å²) in [6, 6.07) is 17.5. The van der Waals surface area contributed by atoms with Gasteiger partial charge in [-0.1, -0.05) is 51.1 Å². The first-order valence-electron chi connectivity index (χ1n) is 11.8. The molecule has 1 aliphatic rings. The van der Waals surface area contributed by atoms with Crippen LogP contribution in [0.15, 0.2) is 54.7 Å². The smallest absolute Gasteiger partial charge is 0.316 e. The molecule has 1 aliphatic heterocycles. The quantitative estimate of drug-likeness (QED) is 0.471. The van der Waals surface area contributed by atoms with Crippen LogP contribution in [0.1, 0.15) is 32.0 Å². The van der Waals surface area contributed by atoms with Crippen molar-refractivity contribution in [1.29, 1.82) is 0 Å². The number of hydrogen-bond donors (Lipinski definition) is 1. The van der Waals surface area contributed by atoms with Gasteiger partial charge in [0.15, 0.2) is 0 Å². The van der Waals surface area contributed by atoms with Crippen LogP contribution in [0, 0.1) is 0 Å². The van der Waals surface area contributed by atoms with Crippen molar-refractivity contribution >= 4 is 16.7 Å². The number of para-hydroxylation sites is 1. The number of ether oxygens (including phenoxy) is 1. The molecule has 1 saturated heterocycles. The van der Waals surface area contributed by atoms with E-state index in [1.165, 1.54) is 11.3 Å². The van der Waals surface area contributed by atoms with Gasteiger partial charge in [-0.3, -0.25) is 4.90 Å². The van der Waals surface area contributed by atoms with E-state index in [2.05, 4.69) is 88.0 Å². The summed E-state index contributed by atoms with van der Waals surface area (Å²) in [5.41, 5.74) is 6.88. The summed E-state index contributed by atoms with van der Waals surface area (Å²) >= 11 is 0. The Balaban J connectivity index is 1.31. The van der Waals surface area contributed by atoms with Crippen molar-refractivity contribution in [2.45, 2.75) is 32.7 Å². The van der Waals surface area contributed by atoms with E-state index >= 15 is 0 Å². The Morgan fingerprint density at radius 1 is 0.941 bits per heavy atom. The lowest BCUT2D eigenvalue weighted by Crippen LogP contribution is -2.46. The maximum absolute atomic E-state index is 5.16. The van der Waals surface area contributed by atoms with Crippen LogP contribution in [0.5, 0.6) is 6.01 Å². The van der Waals surface area contributed by atoms with Crippen molar-refractivity contribution in [3.63, 3.8) is 0 Å². The molecule has 5 rings (SSSR count). The van der Waals surface area contributed by atoms with Crippen molar-refractivity contribution in [1.82, 2.24) is 24.8 Å². The van der Waals surface area contributed by atoms with Crippen LogP contribution in [0.4, 0.5) is 5.69 Å². The second kappa shape index (κ2) is 9.06. The molecule has 176 valence electrons. The molecule has 34 heavy (non-hydrogen) atoms. The molecule has 0 unspecified atom stereocenters. The molecule has 0 saturated carbocycles. The number of hydrogen-bond acceptors (Lipinski definition) is 6. The number of H-pyrrole nitrogens is 1. The van der Waals surface area contributed by atoms with E-state index < -0.39 is 0 Å². The van der Waals surface area contributed by atoms with Crippen LogP contribution in [-0.2, 0) is 12.0 Å². The van der Waals surface area contributed by atoms with Gasteiger partial charge in [-0.05, 0) is 29.2 Å². The first-order valence-corrected chi connectivity index (χ1v) is 11.8. The van der Waals surface area contributed by atoms with E-state index in [0.717, 1.165) is 60.8 Å². The van der Waals surface area contributed by atoms with Crippen molar-refractivity contribution in [3.05, 3.63) is 66.0 Å². The van der Waals surface area contributed by atoms with Gasteiger partial charge in [0.2, 0.25) is 0 Å². The van der Waals surface area contributed by atoms with Gasteiger partial charge in [0.1, 0.15) is 5.82 Å². The average Bonchev–Trinajstić information content (AvgIpc) is 3.29. The van der Waals surface area contributed by atoms with Gasteiger partial charge in [-0.15, -0.1) is 0 Å². The highest BCUT2D eigenvalue weighted by Crippen LogP contribution is 2.30. The molecule has 7 heteroatoms. The van der Waals surface area contributed by atoms with Crippen molar-refractivity contribution in [2.75, 3.05) is 38.2 Å². The zero-order valence-corrected chi connectivity index (χ0v) is 20.4. The fourth-order valence-electron chi connectivity index (χ4n) is 4.48. The molecule has 2 aromatic heterocycles. The lowest BCUT2D eigenvalue weighted by Gasteiger charge is -2.36. The van der Waals surface area contributed by atoms with Crippen LogP contribution in [0.2, 0.25) is 0 Å². The molecule has 0 atom stereocenters. The molecular weight excluding hydrogens is 424 g/mol. The van der Waals surface area contributed by atoms with Gasteiger partial charge < -0.3 is 14.6 Å². The number of imidazole rings is 1. The molecule has 0 spiro atoms. The zero-order valence-electron chi connectivity index (χ0n) is 20.4. The monoisotopic (exact) mass is 456 g/mol. The van der Waals surface area contributed by atoms with Crippen molar-refractivity contribution < 1.29 is 4.74 Å². The van der Waals surface area contributed by atoms with Crippen molar-refractivity contribution in [2.24, 2.45) is 0 Å². The van der Waals surface area contributed by atoms with Gasteiger partial charge in [0.05, 0.1) is 29.5 Å². The van der Waals surface area contributed by atoms with Crippen LogP contribution in [0.3, 0.4) is 0 Å². The first-order chi connectivity index (χ1) is 16.4. The number of benzene rings is 2. The van der Waals surface area contributed by atoms with Crippen LogP contribution < -0.4 is 9.64 Å². The normalized spacial score (nSPS) is 15.1. The fraction of sp³-hybridized carbons (Fsp3) is 0.370. The molecule has 3 heterocycles. The topological polar surface area (TPSA) is 70.2 Å². The number of methoxy groups -OCH3 is 1. The maximum atomic E-state index is 5.16. The van der Waals surface area contributed by atoms with Crippen LogP contribution >= 0.6 is 0 Å². The highest BCUT2D eigenvalue weighted by atomic mass is 16.5. The predicted octanol–water partition coefficient (Wildman–Crippen LogP) is 4.65. The minimum absolute atomic E-state index is 0.140. The number of fused-ring (bicyclic) bond motifs is 1. The lowest BCUT2D eigenvalue weighted by atomic mass is 9.87. The summed E-state index contributed by atoms with van der Waals surface area (Å²) in [6.45, 7) is 11.4. The fourth-order valence-corrected chi connectivity index (χ4v) is 4.48. The van der Waals surface area contributed by atoms with Gasteiger partial charge in [-0.25, -0.2) is 9.97 Å².